The second kappa shape index (κ2) is 4.46. The van der Waals surface area contributed by atoms with Gasteiger partial charge in [0, 0.05) is 11.4 Å². The van der Waals surface area contributed by atoms with E-state index in [1.807, 2.05) is 31.2 Å². The number of nitrogens with one attached hydrogen (secondary N) is 1. The van der Waals surface area contributed by atoms with Crippen LogP contribution in [0.1, 0.15) is 12.5 Å². The van der Waals surface area contributed by atoms with Crippen molar-refractivity contribution in [2.75, 3.05) is 5.32 Å². The molecule has 0 saturated carbocycles. The molecule has 1 rings (SSSR count). The third kappa shape index (κ3) is 2.36. The highest BCUT2D eigenvalue weighted by molar-refractivity contribution is 5.74. The summed E-state index contributed by atoms with van der Waals surface area (Å²) in [6.45, 7) is 3.77. The molecule has 0 atom stereocenters. The van der Waals surface area contributed by atoms with E-state index in [9.17, 15) is 4.79 Å². The number of anilines is 1. The molecule has 0 bridgehead atoms. The molecule has 0 heterocycles. The van der Waals surface area contributed by atoms with Gasteiger partial charge in [0.05, 0.1) is 5.70 Å². The lowest BCUT2D eigenvalue weighted by atomic mass is 10.2. The molecule has 0 spiro atoms. The number of hydrogen-bond acceptors (Lipinski definition) is 3. The van der Waals surface area contributed by atoms with Gasteiger partial charge in [0.1, 0.15) is 0 Å². The summed E-state index contributed by atoms with van der Waals surface area (Å²) in [5.74, 6) is 0. The predicted molar refractivity (Wildman–Crippen MR) is 57.8 cm³/mol. The summed E-state index contributed by atoms with van der Waals surface area (Å²) in [5.41, 5.74) is 8.45. The zero-order chi connectivity index (χ0) is 10.6. The van der Waals surface area contributed by atoms with Gasteiger partial charge >= 0.3 is 0 Å². The van der Waals surface area contributed by atoms with Gasteiger partial charge in [0.2, 0.25) is 0 Å². The number of aryl methyl sites for hydroxylation is 1. The summed E-state index contributed by atoms with van der Waals surface area (Å²) < 4.78 is 0. The maximum Gasteiger partial charge on any atom is 0.167 e. The zero-order valence-corrected chi connectivity index (χ0v) is 8.37. The minimum absolute atomic E-state index is 0.230. The number of carbonyl (C=O) groups is 1. The first-order chi connectivity index (χ1) is 6.65. The van der Waals surface area contributed by atoms with Gasteiger partial charge in [-0.3, -0.25) is 4.79 Å². The van der Waals surface area contributed by atoms with Crippen LogP contribution in [-0.4, -0.2) is 6.29 Å². The largest absolute Gasteiger partial charge is 0.395 e. The summed E-state index contributed by atoms with van der Waals surface area (Å²) in [5, 5.41) is 3.08. The molecular weight excluding hydrogens is 176 g/mol. The Balaban J connectivity index is 2.90. The van der Waals surface area contributed by atoms with Crippen LogP contribution < -0.4 is 11.1 Å². The molecule has 3 heteroatoms. The summed E-state index contributed by atoms with van der Waals surface area (Å²) in [7, 11) is 0. The lowest BCUT2D eigenvalue weighted by Crippen LogP contribution is -2.08. The van der Waals surface area contributed by atoms with Crippen molar-refractivity contribution < 1.29 is 4.79 Å². The normalized spacial score (nSPS) is 11.9. The van der Waals surface area contributed by atoms with Gasteiger partial charge in [-0.25, -0.2) is 0 Å². The third-order valence-electron chi connectivity index (χ3n) is 2.03. The monoisotopic (exact) mass is 190 g/mol. The van der Waals surface area contributed by atoms with Crippen molar-refractivity contribution in [1.29, 1.82) is 0 Å². The third-order valence-corrected chi connectivity index (χ3v) is 2.03. The molecule has 14 heavy (non-hydrogen) atoms. The van der Waals surface area contributed by atoms with Crippen LogP contribution in [-0.2, 0) is 4.79 Å². The molecule has 1 aromatic rings. The summed E-state index contributed by atoms with van der Waals surface area (Å²) in [6, 6.07) is 7.83. The highest BCUT2D eigenvalue weighted by Crippen LogP contribution is 2.15. The highest BCUT2D eigenvalue weighted by Gasteiger charge is 1.99. The smallest absolute Gasteiger partial charge is 0.167 e. The molecule has 0 aliphatic heterocycles. The Morgan fingerprint density at radius 1 is 1.43 bits per heavy atom. The van der Waals surface area contributed by atoms with Gasteiger partial charge in [0.25, 0.3) is 0 Å². The van der Waals surface area contributed by atoms with Crippen LogP contribution in [0.2, 0.25) is 0 Å². The van der Waals surface area contributed by atoms with Gasteiger partial charge in [-0.05, 0) is 25.5 Å². The minimum atomic E-state index is 0.230. The number of allylic oxidation sites excluding steroid dienone is 2. The summed E-state index contributed by atoms with van der Waals surface area (Å²) in [4.78, 5) is 10.4. The van der Waals surface area contributed by atoms with E-state index in [0.29, 0.717) is 12.0 Å². The molecule has 74 valence electrons. The van der Waals surface area contributed by atoms with Crippen molar-refractivity contribution in [3.63, 3.8) is 0 Å². The second-order valence-electron chi connectivity index (χ2n) is 3.14. The second-order valence-corrected chi connectivity index (χ2v) is 3.14. The van der Waals surface area contributed by atoms with Crippen LogP contribution >= 0.6 is 0 Å². The predicted octanol–water partition coefficient (Wildman–Crippen LogP) is 1.80. The van der Waals surface area contributed by atoms with E-state index in [2.05, 4.69) is 5.32 Å². The van der Waals surface area contributed by atoms with Crippen molar-refractivity contribution in [2.45, 2.75) is 13.8 Å². The molecule has 1 aromatic carbocycles. The van der Waals surface area contributed by atoms with Crippen molar-refractivity contribution in [2.24, 2.45) is 5.73 Å². The maximum atomic E-state index is 10.4. The fraction of sp³-hybridized carbons (Fsp3) is 0.182. The number of hydrogen-bond donors (Lipinski definition) is 2. The topological polar surface area (TPSA) is 55.1 Å². The highest BCUT2D eigenvalue weighted by atomic mass is 16.1. The molecule has 0 unspecified atom stereocenters. The summed E-state index contributed by atoms with van der Waals surface area (Å²) in [6.07, 6.45) is 0.639. The van der Waals surface area contributed by atoms with Gasteiger partial charge in [-0.1, -0.05) is 18.2 Å². The Labute approximate surface area is 83.6 Å². The van der Waals surface area contributed by atoms with E-state index in [1.165, 1.54) is 0 Å². The van der Waals surface area contributed by atoms with Crippen LogP contribution in [0.3, 0.4) is 0 Å². The quantitative estimate of drug-likeness (QED) is 0.564. The van der Waals surface area contributed by atoms with E-state index >= 15 is 0 Å². The number of nitrogens with two attached hydrogens (primary N) is 1. The molecule has 0 fully saturated rings. The number of aldehydes is 1. The van der Waals surface area contributed by atoms with E-state index in [1.54, 1.807) is 6.92 Å². The SMILES string of the molecule is C/C(Nc1ccccc1C)=C(/N)C=O. The van der Waals surface area contributed by atoms with Crippen LogP contribution in [0.5, 0.6) is 0 Å². The lowest BCUT2D eigenvalue weighted by Gasteiger charge is -2.09. The van der Waals surface area contributed by atoms with Crippen LogP contribution in [0.4, 0.5) is 5.69 Å². The molecule has 0 aliphatic rings. The van der Waals surface area contributed by atoms with E-state index in [-0.39, 0.29) is 5.70 Å². The molecule has 0 aromatic heterocycles. The average Bonchev–Trinajstić information content (AvgIpc) is 2.20. The molecule has 0 aliphatic carbocycles. The fourth-order valence-electron chi connectivity index (χ4n) is 1.08. The van der Waals surface area contributed by atoms with Crippen LogP contribution in [0.15, 0.2) is 35.7 Å². The average molecular weight is 190 g/mol. The Kier molecular flexibility index (Phi) is 3.29. The minimum Gasteiger partial charge on any atom is -0.395 e. The molecular formula is C11H14N2O. The fourth-order valence-corrected chi connectivity index (χ4v) is 1.08. The Morgan fingerprint density at radius 3 is 2.64 bits per heavy atom. The van der Waals surface area contributed by atoms with E-state index in [0.717, 1.165) is 11.3 Å². The number of benzene rings is 1. The molecule has 0 radical (unpaired) electrons. The van der Waals surface area contributed by atoms with Gasteiger partial charge in [-0.15, -0.1) is 0 Å². The van der Waals surface area contributed by atoms with Crippen molar-refractivity contribution in [1.82, 2.24) is 0 Å². The Hall–Kier alpha value is -1.77. The number of carbonyl (C=O) groups excluding carboxylic acids is 1. The molecule has 3 nitrogen and oxygen atoms in total. The van der Waals surface area contributed by atoms with Crippen molar-refractivity contribution in [3.8, 4) is 0 Å². The van der Waals surface area contributed by atoms with Crippen molar-refractivity contribution >= 4 is 12.0 Å². The molecule has 0 amide bonds. The Morgan fingerprint density at radius 2 is 2.07 bits per heavy atom. The standard InChI is InChI=1S/C11H14N2O/c1-8-5-3-4-6-11(8)13-9(2)10(12)7-14/h3-7,13H,12H2,1-2H3/b10-9-. The van der Waals surface area contributed by atoms with Crippen LogP contribution in [0, 0.1) is 6.92 Å². The number of rotatable bonds is 3. The van der Waals surface area contributed by atoms with E-state index in [4.69, 9.17) is 5.73 Å². The Bertz CT molecular complexity index is 369. The first-order valence-electron chi connectivity index (χ1n) is 4.39. The van der Waals surface area contributed by atoms with Gasteiger partial charge in [0.15, 0.2) is 6.29 Å². The summed E-state index contributed by atoms with van der Waals surface area (Å²) >= 11 is 0. The molecule has 0 saturated heterocycles. The van der Waals surface area contributed by atoms with Gasteiger partial charge < -0.3 is 11.1 Å². The molecule has 3 N–H and O–H groups in total. The van der Waals surface area contributed by atoms with Gasteiger partial charge in [-0.2, -0.15) is 0 Å². The number of para-hydroxylation sites is 1. The first kappa shape index (κ1) is 10.3. The van der Waals surface area contributed by atoms with Crippen molar-refractivity contribution in [3.05, 3.63) is 41.2 Å². The maximum absolute atomic E-state index is 10.4. The first-order valence-corrected chi connectivity index (χ1v) is 4.39. The van der Waals surface area contributed by atoms with Crippen LogP contribution in [0.25, 0.3) is 0 Å². The lowest BCUT2D eigenvalue weighted by molar-refractivity contribution is -0.105. The van der Waals surface area contributed by atoms with E-state index < -0.39 is 0 Å². The zero-order valence-electron chi connectivity index (χ0n) is 8.37.